The molecule has 4 nitrogen and oxygen atoms in total. The normalized spacial score (nSPS) is 12.2. The monoisotopic (exact) mass is 208 g/mol. The Balaban J connectivity index is 2.89. The highest BCUT2D eigenvalue weighted by Gasteiger charge is 2.14. The molecule has 3 N–H and O–H groups in total. The van der Waals surface area contributed by atoms with Gasteiger partial charge in [-0.15, -0.1) is 0 Å². The van der Waals surface area contributed by atoms with Gasteiger partial charge in [-0.2, -0.15) is 0 Å². The summed E-state index contributed by atoms with van der Waals surface area (Å²) >= 11 is 0. The summed E-state index contributed by atoms with van der Waals surface area (Å²) in [5, 5.41) is 8.73. The van der Waals surface area contributed by atoms with Gasteiger partial charge in [-0.3, -0.25) is 4.79 Å². The summed E-state index contributed by atoms with van der Waals surface area (Å²) in [6.45, 7) is 0. The number of rotatable bonds is 4. The van der Waals surface area contributed by atoms with Crippen molar-refractivity contribution in [2.75, 3.05) is 19.0 Å². The van der Waals surface area contributed by atoms with Crippen LogP contribution in [0.4, 0.5) is 5.69 Å². The Morgan fingerprint density at radius 1 is 1.47 bits per heavy atom. The van der Waals surface area contributed by atoms with E-state index in [0.717, 1.165) is 11.3 Å². The Morgan fingerprint density at radius 2 is 2.07 bits per heavy atom. The van der Waals surface area contributed by atoms with Gasteiger partial charge in [-0.1, -0.05) is 18.2 Å². The zero-order valence-electron chi connectivity index (χ0n) is 8.97. The summed E-state index contributed by atoms with van der Waals surface area (Å²) in [6, 6.07) is 6.82. The molecule has 0 amide bonds. The molecule has 0 aliphatic rings. The van der Waals surface area contributed by atoms with Crippen molar-refractivity contribution in [3.8, 4) is 0 Å². The van der Waals surface area contributed by atoms with Crippen LogP contribution < -0.4 is 10.6 Å². The lowest BCUT2D eigenvalue weighted by atomic mass is 10.0. The van der Waals surface area contributed by atoms with E-state index in [-0.39, 0.29) is 0 Å². The molecule has 0 heterocycles. The number of carbonyl (C=O) groups is 1. The number of anilines is 1. The molecule has 15 heavy (non-hydrogen) atoms. The van der Waals surface area contributed by atoms with E-state index < -0.39 is 12.0 Å². The minimum absolute atomic E-state index is 0.351. The van der Waals surface area contributed by atoms with Crippen LogP contribution in [0.15, 0.2) is 24.3 Å². The number of carboxylic acid groups (broad SMARTS) is 1. The first-order valence-electron chi connectivity index (χ1n) is 4.76. The van der Waals surface area contributed by atoms with Crippen LogP contribution >= 0.6 is 0 Å². The third-order valence-corrected chi connectivity index (χ3v) is 2.23. The number of nitrogens with two attached hydrogens (primary N) is 1. The predicted octanol–water partition coefficient (Wildman–Crippen LogP) is 0.707. The number of hydrogen-bond donors (Lipinski definition) is 2. The van der Waals surface area contributed by atoms with Crippen LogP contribution in [-0.2, 0) is 11.2 Å². The van der Waals surface area contributed by atoms with Gasteiger partial charge in [0.15, 0.2) is 0 Å². The first kappa shape index (κ1) is 11.5. The second-order valence-electron chi connectivity index (χ2n) is 3.67. The van der Waals surface area contributed by atoms with E-state index in [1.807, 2.05) is 43.3 Å². The lowest BCUT2D eigenvalue weighted by Crippen LogP contribution is -2.32. The largest absolute Gasteiger partial charge is 0.480 e. The molecule has 0 unspecified atom stereocenters. The minimum atomic E-state index is -0.969. The number of carboxylic acids is 1. The van der Waals surface area contributed by atoms with Gasteiger partial charge in [0.2, 0.25) is 0 Å². The van der Waals surface area contributed by atoms with Gasteiger partial charge in [-0.25, -0.2) is 0 Å². The van der Waals surface area contributed by atoms with Crippen LogP contribution in [0.5, 0.6) is 0 Å². The van der Waals surface area contributed by atoms with Crippen molar-refractivity contribution in [3.05, 3.63) is 29.8 Å². The molecular formula is C11H16N2O2. The molecule has 0 bridgehead atoms. The van der Waals surface area contributed by atoms with E-state index in [4.69, 9.17) is 10.8 Å². The molecule has 82 valence electrons. The van der Waals surface area contributed by atoms with Crippen LogP contribution in [-0.4, -0.2) is 31.2 Å². The molecule has 1 atom stereocenters. The number of hydrogen-bond acceptors (Lipinski definition) is 3. The summed E-state index contributed by atoms with van der Waals surface area (Å²) < 4.78 is 0. The Labute approximate surface area is 89.3 Å². The van der Waals surface area contributed by atoms with Crippen molar-refractivity contribution in [2.24, 2.45) is 5.73 Å². The van der Waals surface area contributed by atoms with E-state index in [1.165, 1.54) is 0 Å². The SMILES string of the molecule is CN(C)c1ccccc1C[C@H](N)C(=O)O. The fourth-order valence-electron chi connectivity index (χ4n) is 1.44. The summed E-state index contributed by atoms with van der Waals surface area (Å²) in [6.07, 6.45) is 0.351. The van der Waals surface area contributed by atoms with Gasteiger partial charge in [0.05, 0.1) is 0 Å². The predicted molar refractivity (Wildman–Crippen MR) is 60.1 cm³/mol. The topological polar surface area (TPSA) is 66.6 Å². The van der Waals surface area contributed by atoms with Crippen molar-refractivity contribution in [1.29, 1.82) is 0 Å². The molecule has 1 aromatic carbocycles. The van der Waals surface area contributed by atoms with Crippen LogP contribution in [0, 0.1) is 0 Å². The smallest absolute Gasteiger partial charge is 0.320 e. The number of benzene rings is 1. The highest BCUT2D eigenvalue weighted by Crippen LogP contribution is 2.18. The van der Waals surface area contributed by atoms with Crippen molar-refractivity contribution in [3.63, 3.8) is 0 Å². The molecule has 0 spiro atoms. The van der Waals surface area contributed by atoms with Gasteiger partial charge in [0.1, 0.15) is 6.04 Å². The van der Waals surface area contributed by atoms with Gasteiger partial charge in [0, 0.05) is 26.2 Å². The van der Waals surface area contributed by atoms with Gasteiger partial charge < -0.3 is 15.7 Å². The molecule has 0 aromatic heterocycles. The Hall–Kier alpha value is -1.55. The first-order valence-corrected chi connectivity index (χ1v) is 4.76. The number of aliphatic carboxylic acids is 1. The van der Waals surface area contributed by atoms with Crippen LogP contribution in [0.25, 0.3) is 0 Å². The number of nitrogens with zero attached hydrogens (tertiary/aromatic N) is 1. The number of para-hydroxylation sites is 1. The molecule has 0 aliphatic heterocycles. The third kappa shape index (κ3) is 2.95. The molecule has 0 radical (unpaired) electrons. The molecule has 1 aromatic rings. The summed E-state index contributed by atoms with van der Waals surface area (Å²) in [4.78, 5) is 12.6. The van der Waals surface area contributed by atoms with E-state index in [1.54, 1.807) is 0 Å². The highest BCUT2D eigenvalue weighted by molar-refractivity contribution is 5.74. The molecule has 0 aliphatic carbocycles. The van der Waals surface area contributed by atoms with Gasteiger partial charge in [-0.05, 0) is 11.6 Å². The molecule has 4 heteroatoms. The highest BCUT2D eigenvalue weighted by atomic mass is 16.4. The summed E-state index contributed by atoms with van der Waals surface area (Å²) in [5.41, 5.74) is 7.46. The quantitative estimate of drug-likeness (QED) is 0.764. The second-order valence-corrected chi connectivity index (χ2v) is 3.67. The summed E-state index contributed by atoms with van der Waals surface area (Å²) in [5.74, 6) is -0.969. The van der Waals surface area contributed by atoms with Gasteiger partial charge >= 0.3 is 5.97 Å². The lowest BCUT2D eigenvalue weighted by molar-refractivity contribution is -0.138. The zero-order chi connectivity index (χ0) is 11.4. The molecule has 0 fully saturated rings. The van der Waals surface area contributed by atoms with E-state index in [2.05, 4.69) is 0 Å². The Bertz CT molecular complexity index is 350. The van der Waals surface area contributed by atoms with Crippen molar-refractivity contribution >= 4 is 11.7 Å². The first-order chi connectivity index (χ1) is 7.02. The van der Waals surface area contributed by atoms with Crippen molar-refractivity contribution < 1.29 is 9.90 Å². The lowest BCUT2D eigenvalue weighted by Gasteiger charge is -2.18. The molecule has 1 rings (SSSR count). The van der Waals surface area contributed by atoms with Crippen molar-refractivity contribution in [1.82, 2.24) is 0 Å². The van der Waals surface area contributed by atoms with Crippen LogP contribution in [0.1, 0.15) is 5.56 Å². The zero-order valence-corrected chi connectivity index (χ0v) is 8.97. The van der Waals surface area contributed by atoms with E-state index in [9.17, 15) is 4.79 Å². The second kappa shape index (κ2) is 4.79. The maximum Gasteiger partial charge on any atom is 0.320 e. The minimum Gasteiger partial charge on any atom is -0.480 e. The third-order valence-electron chi connectivity index (χ3n) is 2.23. The Morgan fingerprint density at radius 3 is 2.60 bits per heavy atom. The van der Waals surface area contributed by atoms with Crippen LogP contribution in [0.3, 0.4) is 0 Å². The molecule has 0 saturated carbocycles. The fourth-order valence-corrected chi connectivity index (χ4v) is 1.44. The fraction of sp³-hybridized carbons (Fsp3) is 0.364. The average Bonchev–Trinajstić information content (AvgIpc) is 2.18. The van der Waals surface area contributed by atoms with Crippen molar-refractivity contribution in [2.45, 2.75) is 12.5 Å². The maximum absolute atomic E-state index is 10.6. The van der Waals surface area contributed by atoms with E-state index >= 15 is 0 Å². The van der Waals surface area contributed by atoms with Crippen LogP contribution in [0.2, 0.25) is 0 Å². The standard InChI is InChI=1S/C11H16N2O2/c1-13(2)10-6-4-3-5-8(10)7-9(12)11(14)15/h3-6,9H,7,12H2,1-2H3,(H,14,15)/t9-/m0/s1. The maximum atomic E-state index is 10.6. The molecule has 0 saturated heterocycles. The van der Waals surface area contributed by atoms with Gasteiger partial charge in [0.25, 0.3) is 0 Å². The summed E-state index contributed by atoms with van der Waals surface area (Å²) in [7, 11) is 3.84. The Kier molecular flexibility index (Phi) is 3.68. The molecular weight excluding hydrogens is 192 g/mol. The average molecular weight is 208 g/mol. The van der Waals surface area contributed by atoms with E-state index in [0.29, 0.717) is 6.42 Å².